The summed E-state index contributed by atoms with van der Waals surface area (Å²) in [7, 11) is 4.27. The van der Waals surface area contributed by atoms with E-state index in [-0.39, 0.29) is 42.2 Å². The molecule has 20 heavy (non-hydrogen) atoms. The van der Waals surface area contributed by atoms with Gasteiger partial charge < -0.3 is 15.5 Å². The molecule has 2 N–H and O–H groups in total. The van der Waals surface area contributed by atoms with Crippen LogP contribution in [-0.2, 0) is 4.79 Å². The van der Waals surface area contributed by atoms with Crippen LogP contribution in [0, 0.1) is 11.8 Å². The van der Waals surface area contributed by atoms with Crippen LogP contribution in [0.3, 0.4) is 0 Å². The van der Waals surface area contributed by atoms with Gasteiger partial charge in [-0.2, -0.15) is 0 Å². The largest absolute Gasteiger partial charge is 0.354 e. The molecule has 1 heterocycles. The number of likely N-dealkylation sites (N-methyl/N-ethyl adjacent to an activating group) is 1. The molecule has 120 valence electrons. The summed E-state index contributed by atoms with van der Waals surface area (Å²) in [5, 5.41) is 6.42. The van der Waals surface area contributed by atoms with E-state index in [1.54, 1.807) is 0 Å². The molecule has 1 atom stereocenters. The van der Waals surface area contributed by atoms with Gasteiger partial charge in [-0.25, -0.2) is 0 Å². The maximum atomic E-state index is 12.1. The summed E-state index contributed by atoms with van der Waals surface area (Å²) in [5.74, 6) is 0.908. The molecule has 4 nitrogen and oxygen atoms in total. The maximum Gasteiger partial charge on any atom is 0.223 e. The number of halogens is 2. The van der Waals surface area contributed by atoms with Gasteiger partial charge in [0.15, 0.2) is 0 Å². The summed E-state index contributed by atoms with van der Waals surface area (Å²) >= 11 is 0. The molecule has 2 fully saturated rings. The molecule has 1 aliphatic heterocycles. The van der Waals surface area contributed by atoms with E-state index in [0.29, 0.717) is 5.92 Å². The molecule has 1 unspecified atom stereocenters. The average Bonchev–Trinajstić information content (AvgIpc) is 2.73. The molecular formula is C14H29Cl2N3O. The molecule has 0 aromatic heterocycles. The van der Waals surface area contributed by atoms with E-state index in [9.17, 15) is 4.79 Å². The molecular weight excluding hydrogens is 297 g/mol. The standard InChI is InChI=1S/C14H27N3O.2ClH/c1-11(12-8-15-9-12)13(18)16-10-14(17(2)3)6-4-5-7-14;;/h11-12,15H,4-10H2,1-3H3,(H,16,18);2*1H. The minimum absolute atomic E-state index is 0. The van der Waals surface area contributed by atoms with Gasteiger partial charge in [-0.1, -0.05) is 19.8 Å². The van der Waals surface area contributed by atoms with E-state index in [1.165, 1.54) is 25.7 Å². The van der Waals surface area contributed by atoms with Gasteiger partial charge >= 0.3 is 0 Å². The average molecular weight is 326 g/mol. The second-order valence-electron chi connectivity index (χ2n) is 6.25. The third kappa shape index (κ3) is 4.23. The topological polar surface area (TPSA) is 44.4 Å². The fraction of sp³-hybridized carbons (Fsp3) is 0.929. The lowest BCUT2D eigenvalue weighted by Gasteiger charge is -2.38. The molecule has 2 rings (SSSR count). The number of amides is 1. The van der Waals surface area contributed by atoms with Crippen molar-refractivity contribution in [1.29, 1.82) is 0 Å². The summed E-state index contributed by atoms with van der Waals surface area (Å²) < 4.78 is 0. The van der Waals surface area contributed by atoms with Gasteiger partial charge in [0.25, 0.3) is 0 Å². The summed E-state index contributed by atoms with van der Waals surface area (Å²) in [5.41, 5.74) is 0.202. The lowest BCUT2D eigenvalue weighted by Crippen LogP contribution is -2.54. The molecule has 6 heteroatoms. The molecule has 2 aliphatic rings. The zero-order chi connectivity index (χ0) is 13.2. The van der Waals surface area contributed by atoms with E-state index in [0.717, 1.165) is 19.6 Å². The van der Waals surface area contributed by atoms with Crippen LogP contribution < -0.4 is 10.6 Å². The normalized spacial score (nSPS) is 22.4. The lowest BCUT2D eigenvalue weighted by atomic mass is 9.88. The number of nitrogens with zero attached hydrogens (tertiary/aromatic N) is 1. The summed E-state index contributed by atoms with van der Waals surface area (Å²) in [6.45, 7) is 4.85. The van der Waals surface area contributed by atoms with Gasteiger partial charge in [0.1, 0.15) is 0 Å². The van der Waals surface area contributed by atoms with E-state index in [2.05, 4.69) is 36.6 Å². The molecule has 0 radical (unpaired) electrons. The van der Waals surface area contributed by atoms with Crippen LogP contribution in [0.25, 0.3) is 0 Å². The zero-order valence-electron chi connectivity index (χ0n) is 12.8. The molecule has 1 saturated carbocycles. The lowest BCUT2D eigenvalue weighted by molar-refractivity contribution is -0.127. The Kier molecular flexibility index (Phi) is 8.41. The third-order valence-electron chi connectivity index (χ3n) is 5.01. The SMILES string of the molecule is CC(C(=O)NCC1(N(C)C)CCCC1)C1CNC1.Cl.Cl. The number of hydrogen-bond acceptors (Lipinski definition) is 3. The van der Waals surface area contributed by atoms with Gasteiger partial charge in [0.2, 0.25) is 5.91 Å². The highest BCUT2D eigenvalue weighted by Crippen LogP contribution is 2.33. The Bertz CT molecular complexity index is 303. The Morgan fingerprint density at radius 3 is 2.25 bits per heavy atom. The maximum absolute atomic E-state index is 12.1. The van der Waals surface area contributed by atoms with Crippen molar-refractivity contribution in [2.75, 3.05) is 33.7 Å². The molecule has 0 aromatic rings. The predicted molar refractivity (Wildman–Crippen MR) is 87.9 cm³/mol. The summed E-state index contributed by atoms with van der Waals surface area (Å²) in [4.78, 5) is 14.4. The summed E-state index contributed by atoms with van der Waals surface area (Å²) in [6.07, 6.45) is 4.99. The molecule has 1 amide bonds. The van der Waals surface area contributed by atoms with Crippen molar-refractivity contribution in [2.24, 2.45) is 11.8 Å². The van der Waals surface area contributed by atoms with E-state index in [1.807, 2.05) is 0 Å². The summed E-state index contributed by atoms with van der Waals surface area (Å²) in [6, 6.07) is 0. The Hall–Kier alpha value is -0.0300. The van der Waals surface area contributed by atoms with Crippen molar-refractivity contribution >= 4 is 30.7 Å². The van der Waals surface area contributed by atoms with Crippen LogP contribution in [0.4, 0.5) is 0 Å². The first-order valence-electron chi connectivity index (χ1n) is 7.21. The Morgan fingerprint density at radius 1 is 1.30 bits per heavy atom. The highest BCUT2D eigenvalue weighted by Gasteiger charge is 2.37. The predicted octanol–water partition coefficient (Wildman–Crippen LogP) is 1.68. The van der Waals surface area contributed by atoms with Crippen LogP contribution in [-0.4, -0.2) is 50.1 Å². The monoisotopic (exact) mass is 325 g/mol. The van der Waals surface area contributed by atoms with Gasteiger partial charge in [-0.05, 0) is 45.9 Å². The van der Waals surface area contributed by atoms with Crippen LogP contribution in [0.1, 0.15) is 32.6 Å². The quantitative estimate of drug-likeness (QED) is 0.808. The van der Waals surface area contributed by atoms with Crippen LogP contribution >= 0.6 is 24.8 Å². The van der Waals surface area contributed by atoms with Crippen LogP contribution in [0.5, 0.6) is 0 Å². The van der Waals surface area contributed by atoms with Crippen LogP contribution in [0.15, 0.2) is 0 Å². The number of carbonyl (C=O) groups is 1. The van der Waals surface area contributed by atoms with Crippen molar-refractivity contribution in [1.82, 2.24) is 15.5 Å². The second kappa shape index (κ2) is 8.42. The number of rotatable bonds is 5. The third-order valence-corrected chi connectivity index (χ3v) is 5.01. The van der Waals surface area contributed by atoms with Crippen molar-refractivity contribution in [3.8, 4) is 0 Å². The highest BCUT2D eigenvalue weighted by molar-refractivity contribution is 5.85. The smallest absolute Gasteiger partial charge is 0.223 e. The van der Waals surface area contributed by atoms with Crippen molar-refractivity contribution in [2.45, 2.75) is 38.1 Å². The molecule has 0 aromatic carbocycles. The molecule has 0 bridgehead atoms. The Balaban J connectivity index is 0.00000180. The number of nitrogens with one attached hydrogen (secondary N) is 2. The number of carbonyl (C=O) groups excluding carboxylic acids is 1. The van der Waals surface area contributed by atoms with E-state index < -0.39 is 0 Å². The minimum Gasteiger partial charge on any atom is -0.354 e. The van der Waals surface area contributed by atoms with E-state index in [4.69, 9.17) is 0 Å². The second-order valence-corrected chi connectivity index (χ2v) is 6.25. The van der Waals surface area contributed by atoms with Crippen LogP contribution in [0.2, 0.25) is 0 Å². The minimum atomic E-state index is 0. The van der Waals surface area contributed by atoms with Gasteiger partial charge in [-0.15, -0.1) is 24.8 Å². The van der Waals surface area contributed by atoms with E-state index >= 15 is 0 Å². The number of hydrogen-bond donors (Lipinski definition) is 2. The fourth-order valence-corrected chi connectivity index (χ4v) is 3.11. The van der Waals surface area contributed by atoms with Gasteiger partial charge in [0, 0.05) is 18.0 Å². The first-order chi connectivity index (χ1) is 8.55. The fourth-order valence-electron chi connectivity index (χ4n) is 3.11. The van der Waals surface area contributed by atoms with Gasteiger partial charge in [0.05, 0.1) is 0 Å². The molecule has 1 aliphatic carbocycles. The Morgan fingerprint density at radius 2 is 1.85 bits per heavy atom. The van der Waals surface area contributed by atoms with Crippen molar-refractivity contribution < 1.29 is 4.79 Å². The first kappa shape index (κ1) is 20.0. The van der Waals surface area contributed by atoms with Gasteiger partial charge in [-0.3, -0.25) is 4.79 Å². The zero-order valence-corrected chi connectivity index (χ0v) is 14.4. The van der Waals surface area contributed by atoms with Crippen molar-refractivity contribution in [3.63, 3.8) is 0 Å². The first-order valence-corrected chi connectivity index (χ1v) is 7.21. The molecule has 0 spiro atoms. The van der Waals surface area contributed by atoms with Crippen molar-refractivity contribution in [3.05, 3.63) is 0 Å². The highest BCUT2D eigenvalue weighted by atomic mass is 35.5. The molecule has 1 saturated heterocycles. The Labute approximate surface area is 135 Å².